The van der Waals surface area contributed by atoms with Crippen LogP contribution >= 0.6 is 11.3 Å². The number of anilines is 1. The van der Waals surface area contributed by atoms with Gasteiger partial charge in [0.2, 0.25) is 11.8 Å². The third-order valence-corrected chi connectivity index (χ3v) is 4.78. The van der Waals surface area contributed by atoms with Crippen molar-refractivity contribution in [2.75, 3.05) is 24.6 Å². The molecule has 7 heteroatoms. The SMILES string of the molecule is Cc1cccc(OCCNC(=O)Cc2csc(N3CCCC3=O)n2)c1. The molecule has 0 bridgehead atoms. The van der Waals surface area contributed by atoms with Gasteiger partial charge >= 0.3 is 0 Å². The number of nitrogens with zero attached hydrogens (tertiary/aromatic N) is 2. The number of nitrogens with one attached hydrogen (secondary N) is 1. The molecule has 1 saturated heterocycles. The second kappa shape index (κ2) is 8.11. The van der Waals surface area contributed by atoms with Crippen molar-refractivity contribution in [3.63, 3.8) is 0 Å². The molecule has 2 aromatic rings. The van der Waals surface area contributed by atoms with E-state index in [1.54, 1.807) is 4.90 Å². The van der Waals surface area contributed by atoms with Gasteiger partial charge in [0, 0.05) is 18.3 Å². The van der Waals surface area contributed by atoms with Crippen molar-refractivity contribution >= 4 is 28.3 Å². The van der Waals surface area contributed by atoms with Gasteiger partial charge in [-0.15, -0.1) is 11.3 Å². The number of aryl methyl sites for hydroxylation is 1. The van der Waals surface area contributed by atoms with E-state index >= 15 is 0 Å². The molecule has 2 amide bonds. The number of carbonyl (C=O) groups is 2. The molecular formula is C18H21N3O3S. The molecule has 0 radical (unpaired) electrons. The summed E-state index contributed by atoms with van der Waals surface area (Å²) in [5.74, 6) is 0.810. The molecule has 0 spiro atoms. The molecular weight excluding hydrogens is 338 g/mol. The molecule has 0 aliphatic carbocycles. The van der Waals surface area contributed by atoms with Crippen molar-refractivity contribution in [2.45, 2.75) is 26.2 Å². The number of benzene rings is 1. The van der Waals surface area contributed by atoms with Gasteiger partial charge in [-0.3, -0.25) is 14.5 Å². The van der Waals surface area contributed by atoms with Crippen LogP contribution in [0, 0.1) is 6.92 Å². The van der Waals surface area contributed by atoms with Gasteiger partial charge in [0.25, 0.3) is 0 Å². The summed E-state index contributed by atoms with van der Waals surface area (Å²) in [5, 5.41) is 5.35. The van der Waals surface area contributed by atoms with Crippen LogP contribution in [-0.4, -0.2) is 36.5 Å². The van der Waals surface area contributed by atoms with Crippen LogP contribution in [0.3, 0.4) is 0 Å². The molecule has 0 saturated carbocycles. The van der Waals surface area contributed by atoms with Crippen molar-refractivity contribution in [2.24, 2.45) is 0 Å². The molecule has 1 aromatic carbocycles. The minimum absolute atomic E-state index is 0.0996. The maximum Gasteiger partial charge on any atom is 0.228 e. The average Bonchev–Trinajstić information content (AvgIpc) is 3.20. The van der Waals surface area contributed by atoms with Crippen LogP contribution in [0.5, 0.6) is 5.75 Å². The minimum atomic E-state index is -0.0996. The zero-order chi connectivity index (χ0) is 17.6. The average molecular weight is 359 g/mol. The molecule has 1 N–H and O–H groups in total. The van der Waals surface area contributed by atoms with Crippen molar-refractivity contribution < 1.29 is 14.3 Å². The summed E-state index contributed by atoms with van der Waals surface area (Å²) in [6.07, 6.45) is 1.66. The molecule has 1 aliphatic heterocycles. The highest BCUT2D eigenvalue weighted by Crippen LogP contribution is 2.25. The van der Waals surface area contributed by atoms with Crippen LogP contribution in [0.4, 0.5) is 5.13 Å². The summed E-state index contributed by atoms with van der Waals surface area (Å²) < 4.78 is 5.60. The Morgan fingerprint density at radius 3 is 3.08 bits per heavy atom. The summed E-state index contributed by atoms with van der Waals surface area (Å²) in [4.78, 5) is 29.8. The Morgan fingerprint density at radius 2 is 2.32 bits per heavy atom. The molecule has 6 nitrogen and oxygen atoms in total. The molecule has 3 rings (SSSR count). The number of aromatic nitrogens is 1. The van der Waals surface area contributed by atoms with Gasteiger partial charge in [0.1, 0.15) is 12.4 Å². The Balaban J connectivity index is 1.40. The fourth-order valence-corrected chi connectivity index (χ4v) is 3.51. The standard InChI is InChI=1S/C18H21N3O3S/c1-13-4-2-5-15(10-13)24-9-7-19-16(22)11-14-12-25-18(20-14)21-8-3-6-17(21)23/h2,4-5,10,12H,3,6-9,11H2,1H3,(H,19,22). The third-order valence-electron chi connectivity index (χ3n) is 3.87. The van der Waals surface area contributed by atoms with E-state index in [0.717, 1.165) is 17.7 Å². The van der Waals surface area contributed by atoms with Crippen LogP contribution in [-0.2, 0) is 16.0 Å². The molecule has 132 valence electrons. The monoisotopic (exact) mass is 359 g/mol. The van der Waals surface area contributed by atoms with Gasteiger partial charge in [0.05, 0.1) is 18.7 Å². The van der Waals surface area contributed by atoms with Crippen LogP contribution in [0.15, 0.2) is 29.6 Å². The minimum Gasteiger partial charge on any atom is -0.492 e. The molecule has 25 heavy (non-hydrogen) atoms. The van der Waals surface area contributed by atoms with Crippen LogP contribution in [0.1, 0.15) is 24.1 Å². The van der Waals surface area contributed by atoms with Gasteiger partial charge in [-0.25, -0.2) is 4.98 Å². The number of thiazole rings is 1. The quantitative estimate of drug-likeness (QED) is 0.770. The van der Waals surface area contributed by atoms with E-state index in [4.69, 9.17) is 4.74 Å². The maximum absolute atomic E-state index is 12.0. The van der Waals surface area contributed by atoms with Crippen LogP contribution in [0.25, 0.3) is 0 Å². The molecule has 0 atom stereocenters. The lowest BCUT2D eigenvalue weighted by Gasteiger charge is -2.10. The van der Waals surface area contributed by atoms with E-state index in [0.29, 0.717) is 36.9 Å². The van der Waals surface area contributed by atoms with Gasteiger partial charge in [-0.05, 0) is 31.0 Å². The van der Waals surface area contributed by atoms with E-state index in [-0.39, 0.29) is 18.2 Å². The number of hydrogen-bond acceptors (Lipinski definition) is 5. The molecule has 1 fully saturated rings. The fourth-order valence-electron chi connectivity index (χ4n) is 2.64. The number of carbonyl (C=O) groups excluding carboxylic acids is 2. The Morgan fingerprint density at radius 1 is 1.44 bits per heavy atom. The van der Waals surface area contributed by atoms with Crippen molar-refractivity contribution in [3.8, 4) is 5.75 Å². The highest BCUT2D eigenvalue weighted by atomic mass is 32.1. The van der Waals surface area contributed by atoms with Gasteiger partial charge in [0.15, 0.2) is 5.13 Å². The predicted molar refractivity (Wildman–Crippen MR) is 97.1 cm³/mol. The number of rotatable bonds is 7. The first-order chi connectivity index (χ1) is 12.1. The van der Waals surface area contributed by atoms with Gasteiger partial charge in [-0.1, -0.05) is 12.1 Å². The van der Waals surface area contributed by atoms with E-state index in [9.17, 15) is 9.59 Å². The lowest BCUT2D eigenvalue weighted by molar-refractivity contribution is -0.120. The molecule has 1 aromatic heterocycles. The van der Waals surface area contributed by atoms with Crippen molar-refractivity contribution in [1.29, 1.82) is 0 Å². The number of ether oxygens (including phenoxy) is 1. The van der Waals surface area contributed by atoms with E-state index in [2.05, 4.69) is 10.3 Å². The fraction of sp³-hybridized carbons (Fsp3) is 0.389. The van der Waals surface area contributed by atoms with Crippen LogP contribution in [0.2, 0.25) is 0 Å². The zero-order valence-electron chi connectivity index (χ0n) is 14.2. The van der Waals surface area contributed by atoms with E-state index in [1.807, 2.05) is 36.6 Å². The number of hydrogen-bond donors (Lipinski definition) is 1. The predicted octanol–water partition coefficient (Wildman–Crippen LogP) is 2.32. The molecule has 1 aliphatic rings. The lowest BCUT2D eigenvalue weighted by Crippen LogP contribution is -2.29. The highest BCUT2D eigenvalue weighted by molar-refractivity contribution is 7.14. The summed E-state index contributed by atoms with van der Waals surface area (Å²) >= 11 is 1.41. The highest BCUT2D eigenvalue weighted by Gasteiger charge is 2.24. The molecule has 2 heterocycles. The second-order valence-corrected chi connectivity index (χ2v) is 6.80. The Bertz CT molecular complexity index is 760. The summed E-state index contributed by atoms with van der Waals surface area (Å²) in [7, 11) is 0. The van der Waals surface area contributed by atoms with Gasteiger partial charge in [-0.2, -0.15) is 0 Å². The topological polar surface area (TPSA) is 71.5 Å². The van der Waals surface area contributed by atoms with Crippen LogP contribution < -0.4 is 15.0 Å². The summed E-state index contributed by atoms with van der Waals surface area (Å²) in [6.45, 7) is 3.58. The summed E-state index contributed by atoms with van der Waals surface area (Å²) in [5.41, 5.74) is 1.83. The molecule has 0 unspecified atom stereocenters. The first-order valence-electron chi connectivity index (χ1n) is 8.33. The van der Waals surface area contributed by atoms with Crippen molar-refractivity contribution in [3.05, 3.63) is 40.9 Å². The first kappa shape index (κ1) is 17.4. The van der Waals surface area contributed by atoms with Crippen molar-refractivity contribution in [1.82, 2.24) is 10.3 Å². The Labute approximate surface area is 150 Å². The normalized spacial score (nSPS) is 14.0. The second-order valence-electron chi connectivity index (χ2n) is 5.96. The number of amides is 2. The summed E-state index contributed by atoms with van der Waals surface area (Å²) in [6, 6.07) is 7.80. The largest absolute Gasteiger partial charge is 0.492 e. The smallest absolute Gasteiger partial charge is 0.228 e. The van der Waals surface area contributed by atoms with Gasteiger partial charge < -0.3 is 10.1 Å². The lowest BCUT2D eigenvalue weighted by atomic mass is 10.2. The first-order valence-corrected chi connectivity index (χ1v) is 9.21. The third kappa shape index (κ3) is 4.79. The van der Waals surface area contributed by atoms with E-state index < -0.39 is 0 Å². The Kier molecular flexibility index (Phi) is 5.65. The maximum atomic E-state index is 12.0. The van der Waals surface area contributed by atoms with E-state index in [1.165, 1.54) is 11.3 Å². The zero-order valence-corrected chi connectivity index (χ0v) is 15.0. The Hall–Kier alpha value is -2.41.